The van der Waals surface area contributed by atoms with Gasteiger partial charge in [0.05, 0.1) is 12.7 Å². The van der Waals surface area contributed by atoms with Crippen molar-refractivity contribution < 1.29 is 18.6 Å². The van der Waals surface area contributed by atoms with E-state index in [1.165, 1.54) is 13.8 Å². The average molecular weight is 182 g/mol. The standard InChI is InChI=1S/C6H14O4S/c1-3-11(9,10)6(4-7)5(2)8/h5-8H,3-4H2,1-2H3/t5-,6-/m1/s1. The van der Waals surface area contributed by atoms with Gasteiger partial charge in [0.2, 0.25) is 0 Å². The van der Waals surface area contributed by atoms with Gasteiger partial charge in [-0.15, -0.1) is 0 Å². The SMILES string of the molecule is CCS(=O)(=O)[C@H](CO)[C@@H](C)O. The summed E-state index contributed by atoms with van der Waals surface area (Å²) in [6.07, 6.45) is -1.01. The maximum absolute atomic E-state index is 11.1. The molecule has 0 heterocycles. The van der Waals surface area contributed by atoms with Crippen LogP contribution in [0.15, 0.2) is 0 Å². The third-order valence-corrected chi connectivity index (χ3v) is 3.85. The van der Waals surface area contributed by atoms with Crippen LogP contribution in [0, 0.1) is 0 Å². The molecule has 2 N–H and O–H groups in total. The fourth-order valence-electron chi connectivity index (χ4n) is 0.780. The summed E-state index contributed by atoms with van der Waals surface area (Å²) in [6, 6.07) is 0. The van der Waals surface area contributed by atoms with Gasteiger partial charge in [-0.05, 0) is 6.92 Å². The Morgan fingerprint density at radius 3 is 2.00 bits per heavy atom. The largest absolute Gasteiger partial charge is 0.395 e. The summed E-state index contributed by atoms with van der Waals surface area (Å²) < 4.78 is 22.1. The van der Waals surface area contributed by atoms with Gasteiger partial charge in [0, 0.05) is 5.75 Å². The molecule has 0 aromatic rings. The van der Waals surface area contributed by atoms with Crippen molar-refractivity contribution in [3.8, 4) is 0 Å². The summed E-state index contributed by atoms with van der Waals surface area (Å²) in [4.78, 5) is 0. The first-order chi connectivity index (χ1) is 4.95. The van der Waals surface area contributed by atoms with Crippen LogP contribution in [-0.2, 0) is 9.84 Å². The molecule has 0 saturated carbocycles. The van der Waals surface area contributed by atoms with Crippen molar-refractivity contribution in [1.82, 2.24) is 0 Å². The van der Waals surface area contributed by atoms with E-state index < -0.39 is 27.8 Å². The molecule has 2 atom stereocenters. The van der Waals surface area contributed by atoms with Gasteiger partial charge in [-0.2, -0.15) is 0 Å². The molecule has 0 saturated heterocycles. The van der Waals surface area contributed by atoms with Crippen molar-refractivity contribution in [2.75, 3.05) is 12.4 Å². The predicted octanol–water partition coefficient (Wildman–Crippen LogP) is -0.837. The van der Waals surface area contributed by atoms with Crippen molar-refractivity contribution >= 4 is 9.84 Å². The Morgan fingerprint density at radius 2 is 1.91 bits per heavy atom. The summed E-state index contributed by atoms with van der Waals surface area (Å²) in [5.41, 5.74) is 0. The number of aliphatic hydroxyl groups excluding tert-OH is 2. The molecule has 0 aliphatic heterocycles. The van der Waals surface area contributed by atoms with Crippen LogP contribution in [0.2, 0.25) is 0 Å². The molecule has 0 aromatic heterocycles. The van der Waals surface area contributed by atoms with Crippen LogP contribution in [0.1, 0.15) is 13.8 Å². The summed E-state index contributed by atoms with van der Waals surface area (Å²) in [7, 11) is -3.31. The van der Waals surface area contributed by atoms with Crippen LogP contribution in [0.5, 0.6) is 0 Å². The molecule has 0 rings (SSSR count). The molecule has 4 nitrogen and oxygen atoms in total. The van der Waals surface area contributed by atoms with E-state index in [0.717, 1.165) is 0 Å². The Bertz CT molecular complexity index is 195. The molecular formula is C6H14O4S. The highest BCUT2D eigenvalue weighted by Gasteiger charge is 2.27. The van der Waals surface area contributed by atoms with Crippen LogP contribution in [0.4, 0.5) is 0 Å². The summed E-state index contributed by atoms with van der Waals surface area (Å²) in [5.74, 6) is -0.0525. The van der Waals surface area contributed by atoms with Crippen molar-refractivity contribution in [1.29, 1.82) is 0 Å². The second-order valence-corrected chi connectivity index (χ2v) is 4.92. The third kappa shape index (κ3) is 2.76. The number of hydrogen-bond donors (Lipinski definition) is 2. The van der Waals surface area contributed by atoms with Gasteiger partial charge in [-0.25, -0.2) is 8.42 Å². The van der Waals surface area contributed by atoms with Gasteiger partial charge >= 0.3 is 0 Å². The Morgan fingerprint density at radius 1 is 1.45 bits per heavy atom. The average Bonchev–Trinajstić information content (AvgIpc) is 1.88. The lowest BCUT2D eigenvalue weighted by atomic mass is 10.3. The summed E-state index contributed by atoms with van der Waals surface area (Å²) in [6.45, 7) is 2.32. The predicted molar refractivity (Wildman–Crippen MR) is 42.0 cm³/mol. The van der Waals surface area contributed by atoms with Crippen LogP contribution in [-0.4, -0.2) is 42.3 Å². The number of hydrogen-bond acceptors (Lipinski definition) is 4. The van der Waals surface area contributed by atoms with Crippen molar-refractivity contribution in [2.24, 2.45) is 0 Å². The summed E-state index contributed by atoms with van der Waals surface area (Å²) in [5, 5.41) is 16.5. The van der Waals surface area contributed by atoms with E-state index in [9.17, 15) is 8.42 Å². The van der Waals surface area contributed by atoms with Gasteiger partial charge in [-0.3, -0.25) is 0 Å². The number of sulfone groups is 1. The number of rotatable bonds is 4. The molecule has 0 fully saturated rings. The summed E-state index contributed by atoms with van der Waals surface area (Å²) >= 11 is 0. The Hall–Kier alpha value is -0.130. The van der Waals surface area contributed by atoms with Crippen molar-refractivity contribution in [3.05, 3.63) is 0 Å². The molecule has 0 aliphatic rings. The maximum atomic E-state index is 11.1. The maximum Gasteiger partial charge on any atom is 0.157 e. The zero-order valence-electron chi connectivity index (χ0n) is 6.69. The van der Waals surface area contributed by atoms with Gasteiger partial charge < -0.3 is 10.2 Å². The van der Waals surface area contributed by atoms with Gasteiger partial charge in [0.25, 0.3) is 0 Å². The first kappa shape index (κ1) is 10.9. The quantitative estimate of drug-likeness (QED) is 0.594. The van der Waals surface area contributed by atoms with Crippen molar-refractivity contribution in [3.63, 3.8) is 0 Å². The lowest BCUT2D eigenvalue weighted by molar-refractivity contribution is 0.152. The first-order valence-electron chi connectivity index (χ1n) is 3.46. The molecule has 0 radical (unpaired) electrons. The minimum Gasteiger partial charge on any atom is -0.395 e. The van der Waals surface area contributed by atoms with Crippen LogP contribution in [0.25, 0.3) is 0 Å². The molecule has 5 heteroatoms. The molecule has 0 aromatic carbocycles. The Kier molecular flexibility index (Phi) is 3.99. The number of aliphatic hydroxyl groups is 2. The normalized spacial score (nSPS) is 17.8. The zero-order chi connectivity index (χ0) is 9.07. The van der Waals surface area contributed by atoms with E-state index in [-0.39, 0.29) is 5.75 Å². The smallest absolute Gasteiger partial charge is 0.157 e. The fraction of sp³-hybridized carbons (Fsp3) is 1.00. The highest BCUT2D eigenvalue weighted by Crippen LogP contribution is 2.06. The van der Waals surface area contributed by atoms with Crippen LogP contribution < -0.4 is 0 Å². The Balaban J connectivity index is 4.51. The second kappa shape index (κ2) is 4.04. The monoisotopic (exact) mass is 182 g/mol. The van der Waals surface area contributed by atoms with Crippen molar-refractivity contribution in [2.45, 2.75) is 25.2 Å². The second-order valence-electron chi connectivity index (χ2n) is 2.41. The highest BCUT2D eigenvalue weighted by molar-refractivity contribution is 7.92. The highest BCUT2D eigenvalue weighted by atomic mass is 32.2. The molecule has 68 valence electrons. The molecule has 11 heavy (non-hydrogen) atoms. The van der Waals surface area contributed by atoms with E-state index in [2.05, 4.69) is 0 Å². The van der Waals surface area contributed by atoms with Gasteiger partial charge in [0.1, 0.15) is 5.25 Å². The Labute approximate surface area is 66.8 Å². The lowest BCUT2D eigenvalue weighted by Gasteiger charge is -2.16. The van der Waals surface area contributed by atoms with E-state index in [1.807, 2.05) is 0 Å². The minimum atomic E-state index is -3.31. The van der Waals surface area contributed by atoms with E-state index in [0.29, 0.717) is 0 Å². The molecule has 0 amide bonds. The first-order valence-corrected chi connectivity index (χ1v) is 5.17. The van der Waals surface area contributed by atoms with E-state index >= 15 is 0 Å². The van der Waals surface area contributed by atoms with Gasteiger partial charge in [-0.1, -0.05) is 6.92 Å². The van der Waals surface area contributed by atoms with Crippen LogP contribution >= 0.6 is 0 Å². The molecule has 0 aliphatic carbocycles. The molecule has 0 unspecified atom stereocenters. The third-order valence-electron chi connectivity index (χ3n) is 1.58. The molecule has 0 spiro atoms. The van der Waals surface area contributed by atoms with Gasteiger partial charge in [0.15, 0.2) is 9.84 Å². The lowest BCUT2D eigenvalue weighted by Crippen LogP contribution is -2.36. The van der Waals surface area contributed by atoms with E-state index in [4.69, 9.17) is 10.2 Å². The van der Waals surface area contributed by atoms with E-state index in [1.54, 1.807) is 0 Å². The topological polar surface area (TPSA) is 74.6 Å². The zero-order valence-corrected chi connectivity index (χ0v) is 7.50. The molecular weight excluding hydrogens is 168 g/mol. The molecule has 0 bridgehead atoms. The van der Waals surface area contributed by atoms with Crippen LogP contribution in [0.3, 0.4) is 0 Å². The fourth-order valence-corrected chi connectivity index (χ4v) is 2.04. The minimum absolute atomic E-state index is 0.0525.